The van der Waals surface area contributed by atoms with Gasteiger partial charge in [0.05, 0.1) is 5.92 Å². The van der Waals surface area contributed by atoms with E-state index in [9.17, 15) is 19.2 Å². The third kappa shape index (κ3) is 20.6. The van der Waals surface area contributed by atoms with E-state index in [4.69, 9.17) is 20.3 Å². The summed E-state index contributed by atoms with van der Waals surface area (Å²) in [5.41, 5.74) is 5.19. The number of carbonyl (C=O) groups excluding carboxylic acids is 3. The van der Waals surface area contributed by atoms with Gasteiger partial charge in [-0.05, 0) is 56.5 Å². The van der Waals surface area contributed by atoms with E-state index in [-0.39, 0.29) is 23.9 Å². The van der Waals surface area contributed by atoms with Gasteiger partial charge < -0.3 is 25.6 Å². The van der Waals surface area contributed by atoms with Crippen LogP contribution in [0.1, 0.15) is 118 Å². The lowest BCUT2D eigenvalue weighted by Crippen LogP contribution is -2.48. The number of esters is 2. The van der Waals surface area contributed by atoms with Gasteiger partial charge >= 0.3 is 17.9 Å². The van der Waals surface area contributed by atoms with E-state index >= 15 is 0 Å². The SMILES string of the molecule is CCCCC/C=C\C/C=C\C[C@@H](C[C@@H]1OC(=O)[C@H]1CCCCCC)OC(=O)[C@H](CC(C)C)NC=O.CSCC[C@H](N)C(=O)O. The van der Waals surface area contributed by atoms with Crippen molar-refractivity contribution in [3.8, 4) is 0 Å². The second-order valence-corrected chi connectivity index (χ2v) is 12.8. The van der Waals surface area contributed by atoms with Crippen LogP contribution in [0.5, 0.6) is 0 Å². The lowest BCUT2D eigenvalue weighted by Gasteiger charge is -2.37. The van der Waals surface area contributed by atoms with Gasteiger partial charge in [-0.15, -0.1) is 0 Å². The Hall–Kier alpha value is -2.33. The summed E-state index contributed by atoms with van der Waals surface area (Å²) in [6, 6.07) is -1.35. The number of nitrogens with one attached hydrogen (secondary N) is 1. The minimum atomic E-state index is -0.913. The van der Waals surface area contributed by atoms with Crippen molar-refractivity contribution in [1.29, 1.82) is 0 Å². The fourth-order valence-corrected chi connectivity index (χ4v) is 5.20. The monoisotopic (exact) mass is 640 g/mol. The number of unbranched alkanes of at least 4 members (excludes halogenated alkanes) is 6. The number of rotatable bonds is 25. The Balaban J connectivity index is 0.00000177. The average Bonchev–Trinajstić information content (AvgIpc) is 2.98. The van der Waals surface area contributed by atoms with Crippen molar-refractivity contribution >= 4 is 36.1 Å². The van der Waals surface area contributed by atoms with Gasteiger partial charge in [0.25, 0.3) is 0 Å². The molecule has 0 aromatic carbocycles. The Labute approximate surface area is 270 Å². The van der Waals surface area contributed by atoms with E-state index in [1.165, 1.54) is 25.7 Å². The first-order valence-electron chi connectivity index (χ1n) is 16.5. The van der Waals surface area contributed by atoms with Crippen LogP contribution in [0.3, 0.4) is 0 Å². The zero-order chi connectivity index (χ0) is 33.2. The number of hydrogen-bond acceptors (Lipinski definition) is 8. The molecule has 1 aliphatic rings. The molecular weight excluding hydrogens is 580 g/mol. The van der Waals surface area contributed by atoms with Gasteiger partial charge in [-0.1, -0.05) is 90.5 Å². The molecule has 44 heavy (non-hydrogen) atoms. The van der Waals surface area contributed by atoms with Gasteiger partial charge in [0.2, 0.25) is 6.41 Å². The van der Waals surface area contributed by atoms with Crippen molar-refractivity contribution < 1.29 is 33.8 Å². The summed E-state index contributed by atoms with van der Waals surface area (Å²) in [5.74, 6) is -0.534. The van der Waals surface area contributed by atoms with E-state index in [0.29, 0.717) is 32.1 Å². The third-order valence-corrected chi connectivity index (χ3v) is 8.00. The fourth-order valence-electron chi connectivity index (χ4n) is 4.71. The van der Waals surface area contributed by atoms with Gasteiger partial charge in [-0.3, -0.25) is 14.4 Å². The van der Waals surface area contributed by atoms with Crippen LogP contribution in [0.4, 0.5) is 0 Å². The molecule has 4 N–H and O–H groups in total. The van der Waals surface area contributed by atoms with E-state index in [1.54, 1.807) is 11.8 Å². The lowest BCUT2D eigenvalue weighted by molar-refractivity contribution is -0.190. The molecule has 1 rings (SSSR count). The highest BCUT2D eigenvalue weighted by molar-refractivity contribution is 7.98. The summed E-state index contributed by atoms with van der Waals surface area (Å²) in [7, 11) is 0. The van der Waals surface area contributed by atoms with Crippen molar-refractivity contribution in [2.75, 3.05) is 12.0 Å². The van der Waals surface area contributed by atoms with E-state index in [2.05, 4.69) is 37.4 Å². The summed E-state index contributed by atoms with van der Waals surface area (Å²) in [4.78, 5) is 46.0. The van der Waals surface area contributed by atoms with Crippen molar-refractivity contribution in [2.24, 2.45) is 17.6 Å². The number of thioether (sulfide) groups is 1. The van der Waals surface area contributed by atoms with E-state index < -0.39 is 30.1 Å². The molecule has 1 fully saturated rings. The highest BCUT2D eigenvalue weighted by atomic mass is 32.2. The summed E-state index contributed by atoms with van der Waals surface area (Å²) >= 11 is 1.60. The number of hydrogen-bond donors (Lipinski definition) is 3. The van der Waals surface area contributed by atoms with Crippen molar-refractivity contribution in [3.63, 3.8) is 0 Å². The van der Waals surface area contributed by atoms with Crippen LogP contribution in [0.2, 0.25) is 0 Å². The minimum Gasteiger partial charge on any atom is -0.480 e. The number of carbonyl (C=O) groups is 4. The van der Waals surface area contributed by atoms with Crippen LogP contribution >= 0.6 is 11.8 Å². The van der Waals surface area contributed by atoms with Crippen LogP contribution < -0.4 is 11.1 Å². The zero-order valence-corrected chi connectivity index (χ0v) is 28.7. The zero-order valence-electron chi connectivity index (χ0n) is 27.8. The molecule has 0 aromatic rings. The molecule has 0 bridgehead atoms. The Bertz CT molecular complexity index is 849. The maximum Gasteiger partial charge on any atom is 0.328 e. The first-order chi connectivity index (χ1) is 21.1. The molecule has 1 aliphatic heterocycles. The van der Waals surface area contributed by atoms with Gasteiger partial charge in [-0.2, -0.15) is 11.8 Å². The number of amides is 1. The van der Waals surface area contributed by atoms with Gasteiger partial charge in [0.15, 0.2) is 0 Å². The van der Waals surface area contributed by atoms with Crippen LogP contribution in [0, 0.1) is 11.8 Å². The van der Waals surface area contributed by atoms with Crippen LogP contribution in [0.25, 0.3) is 0 Å². The molecule has 0 unspecified atom stereocenters. The fraction of sp³-hybridized carbons (Fsp3) is 0.765. The topological polar surface area (TPSA) is 145 Å². The van der Waals surface area contributed by atoms with Gasteiger partial charge in [0, 0.05) is 12.8 Å². The first-order valence-corrected chi connectivity index (χ1v) is 17.9. The Morgan fingerprint density at radius 3 is 2.34 bits per heavy atom. The smallest absolute Gasteiger partial charge is 0.328 e. The standard InChI is InChI=1S/C29H49NO5.C5H11NO2S/c1-5-7-9-11-12-13-14-15-16-18-24(34-29(33)26(30-22-31)20-23(3)4)21-27-25(28(32)35-27)19-17-10-8-6-2;1-9-3-2-4(6)5(7)8/h12-13,15-16,22-27H,5-11,14,17-21H2,1-4H3,(H,30,31);4H,2-3,6H2,1H3,(H,7,8)/b13-12-,16-15-;/t24-,25-,26-,27-;4-/m00/s1. The highest BCUT2D eigenvalue weighted by Crippen LogP contribution is 2.32. The molecule has 5 atom stereocenters. The van der Waals surface area contributed by atoms with E-state index in [1.807, 2.05) is 26.2 Å². The largest absolute Gasteiger partial charge is 0.480 e. The summed E-state index contributed by atoms with van der Waals surface area (Å²) in [6.45, 7) is 8.37. The Kier molecular flexibility index (Phi) is 25.6. The van der Waals surface area contributed by atoms with Crippen molar-refractivity contribution in [1.82, 2.24) is 5.32 Å². The first kappa shape index (κ1) is 41.7. The molecule has 1 saturated heterocycles. The van der Waals surface area contributed by atoms with Crippen LogP contribution in [-0.4, -0.2) is 65.7 Å². The van der Waals surface area contributed by atoms with E-state index in [0.717, 1.165) is 44.3 Å². The second-order valence-electron chi connectivity index (χ2n) is 11.8. The number of cyclic esters (lactones) is 1. The van der Waals surface area contributed by atoms with Crippen LogP contribution in [0.15, 0.2) is 24.3 Å². The highest BCUT2D eigenvalue weighted by Gasteiger charge is 2.43. The number of carboxylic acid groups (broad SMARTS) is 1. The number of ether oxygens (including phenoxy) is 2. The molecule has 9 nitrogen and oxygen atoms in total. The number of aliphatic carboxylic acids is 1. The number of allylic oxidation sites excluding steroid dienone is 3. The second kappa shape index (κ2) is 27.0. The van der Waals surface area contributed by atoms with Gasteiger partial charge in [-0.25, -0.2) is 4.79 Å². The van der Waals surface area contributed by atoms with Gasteiger partial charge in [0.1, 0.15) is 24.3 Å². The average molecular weight is 641 g/mol. The van der Waals surface area contributed by atoms with Crippen molar-refractivity contribution in [3.05, 3.63) is 24.3 Å². The molecule has 0 spiro atoms. The Morgan fingerprint density at radius 2 is 1.75 bits per heavy atom. The molecule has 10 heteroatoms. The predicted octanol–water partition coefficient (Wildman–Crippen LogP) is 6.59. The number of nitrogens with two attached hydrogens (primary N) is 1. The molecule has 1 heterocycles. The summed E-state index contributed by atoms with van der Waals surface area (Å²) in [5, 5.41) is 10.9. The Morgan fingerprint density at radius 1 is 1.07 bits per heavy atom. The van der Waals surface area contributed by atoms with Crippen LogP contribution in [-0.2, 0) is 28.7 Å². The summed E-state index contributed by atoms with van der Waals surface area (Å²) < 4.78 is 11.3. The molecular formula is C34H60N2O7S. The maximum absolute atomic E-state index is 12.8. The normalized spacial score (nSPS) is 18.2. The molecule has 1 amide bonds. The molecule has 0 saturated carbocycles. The minimum absolute atomic E-state index is 0.109. The van der Waals surface area contributed by atoms with Crippen molar-refractivity contribution in [2.45, 2.75) is 142 Å². The molecule has 0 radical (unpaired) electrons. The summed E-state index contributed by atoms with van der Waals surface area (Å²) in [6.07, 6.45) is 23.4. The lowest BCUT2D eigenvalue weighted by atomic mass is 9.87. The molecule has 0 aromatic heterocycles. The quantitative estimate of drug-likeness (QED) is 0.0436. The number of carboxylic acids is 1. The molecule has 0 aliphatic carbocycles. The maximum atomic E-state index is 12.8. The third-order valence-electron chi connectivity index (χ3n) is 7.36. The molecule has 254 valence electrons. The predicted molar refractivity (Wildman–Crippen MR) is 179 cm³/mol.